The van der Waals surface area contributed by atoms with Crippen LogP contribution >= 0.6 is 11.3 Å². The summed E-state index contributed by atoms with van der Waals surface area (Å²) in [6.45, 7) is 6.55. The van der Waals surface area contributed by atoms with Gasteiger partial charge in [-0.15, -0.1) is 11.3 Å². The number of para-hydroxylation sites is 1. The number of rotatable bonds is 3. The van der Waals surface area contributed by atoms with Gasteiger partial charge in [0.2, 0.25) is 0 Å². The lowest BCUT2D eigenvalue weighted by atomic mass is 10.1. The number of sulfonamides is 1. The molecule has 2 heterocycles. The summed E-state index contributed by atoms with van der Waals surface area (Å²) in [7, 11) is -3.33. The van der Waals surface area contributed by atoms with Crippen LogP contribution < -0.4 is 4.90 Å². The lowest BCUT2D eigenvalue weighted by Crippen LogP contribution is -2.48. The average Bonchev–Trinajstić information content (AvgIpc) is 2.95. The molecule has 0 aliphatic carbocycles. The van der Waals surface area contributed by atoms with Crippen molar-refractivity contribution in [2.24, 2.45) is 0 Å². The number of aryl methyl sites for hydroxylation is 2. The van der Waals surface area contributed by atoms with Gasteiger partial charge in [0.15, 0.2) is 0 Å². The van der Waals surface area contributed by atoms with Crippen LogP contribution in [0.25, 0.3) is 0 Å². The standard InChI is InChI=1S/C16H20N2O2S2/c1-13-5-3-4-6-15(13)17-9-11-18(12-10-17)22(19,20)16-8-7-14(2)21-16/h3-8H,9-12H2,1-2H3. The summed E-state index contributed by atoms with van der Waals surface area (Å²) in [4.78, 5) is 3.29. The van der Waals surface area contributed by atoms with E-state index in [9.17, 15) is 8.42 Å². The van der Waals surface area contributed by atoms with Crippen molar-refractivity contribution >= 4 is 27.0 Å². The second-order valence-electron chi connectivity index (χ2n) is 5.54. The van der Waals surface area contributed by atoms with Crippen LogP contribution in [0.5, 0.6) is 0 Å². The Morgan fingerprint density at radius 3 is 2.23 bits per heavy atom. The zero-order chi connectivity index (χ0) is 15.7. The van der Waals surface area contributed by atoms with E-state index in [2.05, 4.69) is 24.0 Å². The van der Waals surface area contributed by atoms with Gasteiger partial charge in [-0.05, 0) is 37.6 Å². The molecule has 0 spiro atoms. The Hall–Kier alpha value is -1.37. The van der Waals surface area contributed by atoms with E-state index < -0.39 is 10.0 Å². The first-order valence-corrected chi connectivity index (χ1v) is 9.61. The zero-order valence-electron chi connectivity index (χ0n) is 12.8. The Balaban J connectivity index is 1.73. The molecule has 6 heteroatoms. The predicted molar refractivity (Wildman–Crippen MR) is 91.2 cm³/mol. The molecule has 1 aliphatic rings. The number of thiophene rings is 1. The maximum Gasteiger partial charge on any atom is 0.252 e. The molecule has 4 nitrogen and oxygen atoms in total. The highest BCUT2D eigenvalue weighted by atomic mass is 32.2. The molecule has 0 N–H and O–H groups in total. The van der Waals surface area contributed by atoms with Gasteiger partial charge < -0.3 is 4.90 Å². The summed E-state index contributed by atoms with van der Waals surface area (Å²) in [5.74, 6) is 0. The Kier molecular flexibility index (Phi) is 4.25. The second-order valence-corrected chi connectivity index (χ2v) is 9.00. The van der Waals surface area contributed by atoms with Crippen molar-refractivity contribution in [1.29, 1.82) is 0 Å². The lowest BCUT2D eigenvalue weighted by molar-refractivity contribution is 0.385. The van der Waals surface area contributed by atoms with Crippen molar-refractivity contribution in [2.75, 3.05) is 31.1 Å². The van der Waals surface area contributed by atoms with Crippen molar-refractivity contribution in [3.63, 3.8) is 0 Å². The molecule has 1 aromatic carbocycles. The summed E-state index contributed by atoms with van der Waals surface area (Å²) < 4.78 is 27.3. The smallest absolute Gasteiger partial charge is 0.252 e. The van der Waals surface area contributed by atoms with Crippen LogP contribution in [0.2, 0.25) is 0 Å². The van der Waals surface area contributed by atoms with Crippen LogP contribution in [0.3, 0.4) is 0 Å². The molecule has 0 atom stereocenters. The summed E-state index contributed by atoms with van der Waals surface area (Å²) >= 11 is 1.34. The highest BCUT2D eigenvalue weighted by Crippen LogP contribution is 2.27. The molecule has 2 aromatic rings. The summed E-state index contributed by atoms with van der Waals surface area (Å²) in [6, 6.07) is 11.8. The van der Waals surface area contributed by atoms with Gasteiger partial charge in [-0.25, -0.2) is 8.42 Å². The van der Waals surface area contributed by atoms with Gasteiger partial charge >= 0.3 is 0 Å². The molecule has 0 unspecified atom stereocenters. The normalized spacial score (nSPS) is 16.9. The number of hydrogen-bond donors (Lipinski definition) is 0. The van der Waals surface area contributed by atoms with Crippen molar-refractivity contribution in [3.8, 4) is 0 Å². The van der Waals surface area contributed by atoms with Gasteiger partial charge in [0, 0.05) is 36.7 Å². The van der Waals surface area contributed by atoms with E-state index in [1.54, 1.807) is 10.4 Å². The molecule has 0 bridgehead atoms. The fourth-order valence-electron chi connectivity index (χ4n) is 2.77. The first kappa shape index (κ1) is 15.5. The van der Waals surface area contributed by atoms with Crippen molar-refractivity contribution < 1.29 is 8.42 Å². The zero-order valence-corrected chi connectivity index (χ0v) is 14.5. The minimum Gasteiger partial charge on any atom is -0.369 e. The SMILES string of the molecule is Cc1ccc(S(=O)(=O)N2CCN(c3ccccc3C)CC2)s1. The topological polar surface area (TPSA) is 40.6 Å². The summed E-state index contributed by atoms with van der Waals surface area (Å²) in [5, 5.41) is 0. The highest BCUT2D eigenvalue weighted by molar-refractivity contribution is 7.91. The molecule has 118 valence electrons. The van der Waals surface area contributed by atoms with E-state index in [1.165, 1.54) is 22.6 Å². The van der Waals surface area contributed by atoms with E-state index in [1.807, 2.05) is 25.1 Å². The maximum atomic E-state index is 12.6. The molecule has 3 rings (SSSR count). The van der Waals surface area contributed by atoms with Gasteiger partial charge in [0.25, 0.3) is 10.0 Å². The van der Waals surface area contributed by atoms with Crippen LogP contribution in [-0.4, -0.2) is 38.9 Å². The third-order valence-electron chi connectivity index (χ3n) is 4.00. The van der Waals surface area contributed by atoms with Gasteiger partial charge in [-0.2, -0.15) is 4.31 Å². The molecule has 1 aliphatic heterocycles. The molecular weight excluding hydrogens is 316 g/mol. The van der Waals surface area contributed by atoms with E-state index >= 15 is 0 Å². The lowest BCUT2D eigenvalue weighted by Gasteiger charge is -2.35. The van der Waals surface area contributed by atoms with Gasteiger partial charge in [0.1, 0.15) is 4.21 Å². The quantitative estimate of drug-likeness (QED) is 0.865. The third-order valence-corrected chi connectivity index (χ3v) is 7.37. The minimum absolute atomic E-state index is 0.453. The number of piperazine rings is 1. The summed E-state index contributed by atoms with van der Waals surface area (Å²) in [6.07, 6.45) is 0. The van der Waals surface area contributed by atoms with Gasteiger partial charge in [-0.3, -0.25) is 0 Å². The van der Waals surface area contributed by atoms with Crippen molar-refractivity contribution in [1.82, 2.24) is 4.31 Å². The Morgan fingerprint density at radius 1 is 0.955 bits per heavy atom. The van der Waals surface area contributed by atoms with E-state index in [0.29, 0.717) is 17.3 Å². The molecule has 22 heavy (non-hydrogen) atoms. The van der Waals surface area contributed by atoms with Crippen LogP contribution in [0.15, 0.2) is 40.6 Å². The molecular formula is C16H20N2O2S2. The van der Waals surface area contributed by atoms with Gasteiger partial charge in [0.05, 0.1) is 0 Å². The number of benzene rings is 1. The van der Waals surface area contributed by atoms with Crippen LogP contribution in [0.4, 0.5) is 5.69 Å². The molecule has 0 amide bonds. The minimum atomic E-state index is -3.33. The van der Waals surface area contributed by atoms with E-state index in [-0.39, 0.29) is 0 Å². The molecule has 0 saturated carbocycles. The second kappa shape index (κ2) is 6.02. The van der Waals surface area contributed by atoms with E-state index in [4.69, 9.17) is 0 Å². The fraction of sp³-hybridized carbons (Fsp3) is 0.375. The molecule has 0 radical (unpaired) electrons. The number of hydrogen-bond acceptors (Lipinski definition) is 4. The molecule has 1 aromatic heterocycles. The van der Waals surface area contributed by atoms with Crippen molar-refractivity contribution in [3.05, 3.63) is 46.8 Å². The van der Waals surface area contributed by atoms with E-state index in [0.717, 1.165) is 18.0 Å². The van der Waals surface area contributed by atoms with Crippen LogP contribution in [0.1, 0.15) is 10.4 Å². The molecule has 1 saturated heterocycles. The Morgan fingerprint density at radius 2 is 1.64 bits per heavy atom. The third kappa shape index (κ3) is 2.91. The van der Waals surface area contributed by atoms with Crippen molar-refractivity contribution in [2.45, 2.75) is 18.1 Å². The number of nitrogens with zero attached hydrogens (tertiary/aromatic N) is 2. The Bertz CT molecular complexity index is 760. The first-order chi connectivity index (χ1) is 10.5. The maximum absolute atomic E-state index is 12.6. The Labute approximate surface area is 136 Å². The fourth-order valence-corrected chi connectivity index (χ4v) is 5.63. The monoisotopic (exact) mass is 336 g/mol. The molecule has 1 fully saturated rings. The predicted octanol–water partition coefficient (Wildman–Crippen LogP) is 2.88. The number of anilines is 1. The van der Waals surface area contributed by atoms with Crippen LogP contribution in [-0.2, 0) is 10.0 Å². The summed E-state index contributed by atoms with van der Waals surface area (Å²) in [5.41, 5.74) is 2.43. The highest BCUT2D eigenvalue weighted by Gasteiger charge is 2.29. The largest absolute Gasteiger partial charge is 0.369 e. The van der Waals surface area contributed by atoms with Gasteiger partial charge in [-0.1, -0.05) is 18.2 Å². The first-order valence-electron chi connectivity index (χ1n) is 7.35. The average molecular weight is 336 g/mol. The van der Waals surface area contributed by atoms with Crippen LogP contribution in [0, 0.1) is 13.8 Å².